The van der Waals surface area contributed by atoms with Crippen LogP contribution in [-0.4, -0.2) is 23.4 Å². The molecule has 0 aromatic heterocycles. The summed E-state index contributed by atoms with van der Waals surface area (Å²) in [6, 6.07) is 9.83. The number of fused-ring (bicyclic) bond motifs is 2. The number of carbonyl (C=O) groups is 2. The van der Waals surface area contributed by atoms with Crippen LogP contribution in [0.4, 0.5) is 5.69 Å². The van der Waals surface area contributed by atoms with Crippen molar-refractivity contribution < 1.29 is 9.59 Å². The van der Waals surface area contributed by atoms with Gasteiger partial charge in [-0.05, 0) is 43.2 Å². The van der Waals surface area contributed by atoms with Crippen LogP contribution in [0.1, 0.15) is 65.7 Å². The SMILES string of the molecule is CC12CCC(C(=O)NC3CCCCC3)(C(=O)/C1=N\Nc1ccccc1)C2(C)C. The van der Waals surface area contributed by atoms with Gasteiger partial charge in [-0.2, -0.15) is 5.10 Å². The Morgan fingerprint density at radius 3 is 2.39 bits per heavy atom. The van der Waals surface area contributed by atoms with Gasteiger partial charge in [0.05, 0.1) is 5.69 Å². The molecule has 2 unspecified atom stereocenters. The van der Waals surface area contributed by atoms with E-state index in [2.05, 4.69) is 36.6 Å². The maximum absolute atomic E-state index is 13.6. The smallest absolute Gasteiger partial charge is 0.234 e. The molecule has 3 aliphatic carbocycles. The third-order valence-electron chi connectivity index (χ3n) is 7.97. The van der Waals surface area contributed by atoms with Gasteiger partial charge in [0.25, 0.3) is 0 Å². The van der Waals surface area contributed by atoms with E-state index in [4.69, 9.17) is 0 Å². The van der Waals surface area contributed by atoms with Crippen molar-refractivity contribution in [3.05, 3.63) is 30.3 Å². The summed E-state index contributed by atoms with van der Waals surface area (Å²) in [6.45, 7) is 6.24. The molecule has 0 spiro atoms. The summed E-state index contributed by atoms with van der Waals surface area (Å²) in [5.74, 6) is -0.175. The van der Waals surface area contributed by atoms with E-state index >= 15 is 0 Å². The van der Waals surface area contributed by atoms with Crippen molar-refractivity contribution in [2.75, 3.05) is 5.43 Å². The molecule has 1 amide bonds. The first-order valence-corrected chi connectivity index (χ1v) is 10.6. The highest BCUT2D eigenvalue weighted by Gasteiger charge is 2.76. The quantitative estimate of drug-likeness (QED) is 0.603. The van der Waals surface area contributed by atoms with E-state index in [9.17, 15) is 9.59 Å². The largest absolute Gasteiger partial charge is 0.352 e. The topological polar surface area (TPSA) is 70.6 Å². The number of ketones is 1. The van der Waals surface area contributed by atoms with Gasteiger partial charge in [-0.15, -0.1) is 0 Å². The van der Waals surface area contributed by atoms with Crippen molar-refractivity contribution in [1.29, 1.82) is 0 Å². The van der Waals surface area contributed by atoms with Crippen molar-refractivity contribution in [3.8, 4) is 0 Å². The second-order valence-corrected chi connectivity index (χ2v) is 9.44. The zero-order valence-corrected chi connectivity index (χ0v) is 17.2. The summed E-state index contributed by atoms with van der Waals surface area (Å²) in [6.07, 6.45) is 7.00. The molecule has 5 heteroatoms. The molecule has 28 heavy (non-hydrogen) atoms. The number of carbonyl (C=O) groups excluding carboxylic acids is 2. The summed E-state index contributed by atoms with van der Waals surface area (Å²) in [4.78, 5) is 27.1. The molecule has 2 N–H and O–H groups in total. The Morgan fingerprint density at radius 2 is 1.71 bits per heavy atom. The Kier molecular flexibility index (Phi) is 4.59. The molecule has 0 radical (unpaired) electrons. The molecule has 1 aromatic rings. The maximum Gasteiger partial charge on any atom is 0.234 e. The third kappa shape index (κ3) is 2.55. The average Bonchev–Trinajstić information content (AvgIpc) is 2.97. The molecule has 4 rings (SSSR count). The molecule has 2 bridgehead atoms. The molecule has 150 valence electrons. The van der Waals surface area contributed by atoms with Crippen LogP contribution in [0, 0.1) is 16.2 Å². The number of hydrogen-bond acceptors (Lipinski definition) is 4. The normalized spacial score (nSPS) is 33.2. The Bertz CT molecular complexity index is 810. The third-order valence-corrected chi connectivity index (χ3v) is 7.97. The van der Waals surface area contributed by atoms with E-state index < -0.39 is 16.2 Å². The summed E-state index contributed by atoms with van der Waals surface area (Å²) >= 11 is 0. The molecule has 3 fully saturated rings. The number of nitrogens with one attached hydrogen (secondary N) is 2. The minimum atomic E-state index is -1.00. The van der Waals surface area contributed by atoms with Crippen molar-refractivity contribution in [2.45, 2.75) is 71.8 Å². The highest BCUT2D eigenvalue weighted by molar-refractivity contribution is 6.50. The first kappa shape index (κ1) is 19.2. The first-order chi connectivity index (χ1) is 13.3. The zero-order chi connectivity index (χ0) is 20.0. The van der Waals surface area contributed by atoms with Crippen molar-refractivity contribution >= 4 is 23.1 Å². The van der Waals surface area contributed by atoms with Crippen LogP contribution in [0.5, 0.6) is 0 Å². The van der Waals surface area contributed by atoms with Gasteiger partial charge in [-0.25, -0.2) is 0 Å². The molecule has 5 nitrogen and oxygen atoms in total. The number of hydrogen-bond donors (Lipinski definition) is 2. The number of amides is 1. The van der Waals surface area contributed by atoms with Crippen LogP contribution in [0.3, 0.4) is 0 Å². The van der Waals surface area contributed by atoms with Gasteiger partial charge < -0.3 is 5.32 Å². The van der Waals surface area contributed by atoms with Gasteiger partial charge in [0.1, 0.15) is 11.1 Å². The van der Waals surface area contributed by atoms with Gasteiger partial charge in [0.2, 0.25) is 5.91 Å². The average molecular weight is 382 g/mol. The number of para-hydroxylation sites is 1. The molecule has 0 aliphatic heterocycles. The van der Waals surface area contributed by atoms with E-state index in [0.29, 0.717) is 12.1 Å². The summed E-state index contributed by atoms with van der Waals surface area (Å²) in [5.41, 5.74) is 2.52. The van der Waals surface area contributed by atoms with E-state index in [1.54, 1.807) is 0 Å². The number of nitrogens with zero attached hydrogens (tertiary/aromatic N) is 1. The second kappa shape index (κ2) is 6.71. The number of rotatable bonds is 4. The Balaban J connectivity index is 1.64. The lowest BCUT2D eigenvalue weighted by Gasteiger charge is -2.38. The molecule has 3 saturated carbocycles. The Hall–Kier alpha value is -2.17. The second-order valence-electron chi connectivity index (χ2n) is 9.44. The highest BCUT2D eigenvalue weighted by atomic mass is 16.2. The standard InChI is InChI=1S/C23H31N3O2/c1-21(2)22(3)14-15-23(21,20(28)24-16-10-6-4-7-11-16)19(27)18(22)26-25-17-12-8-5-9-13-17/h5,8-9,12-13,16,25H,4,6-7,10-11,14-15H2,1-3H3,(H,24,28)/b26-18+. The van der Waals surface area contributed by atoms with Crippen LogP contribution in [0.2, 0.25) is 0 Å². The molecular formula is C23H31N3O2. The maximum atomic E-state index is 13.6. The number of anilines is 1. The fourth-order valence-electron chi connectivity index (χ4n) is 5.66. The zero-order valence-electron chi connectivity index (χ0n) is 17.2. The number of benzene rings is 1. The van der Waals surface area contributed by atoms with E-state index in [1.807, 2.05) is 30.3 Å². The van der Waals surface area contributed by atoms with Gasteiger partial charge in [0.15, 0.2) is 5.78 Å². The highest BCUT2D eigenvalue weighted by Crippen LogP contribution is 2.69. The first-order valence-electron chi connectivity index (χ1n) is 10.6. The lowest BCUT2D eigenvalue weighted by molar-refractivity contribution is -0.144. The van der Waals surface area contributed by atoms with Gasteiger partial charge in [-0.1, -0.05) is 58.2 Å². The molecule has 0 heterocycles. The lowest BCUT2D eigenvalue weighted by atomic mass is 9.64. The Morgan fingerprint density at radius 1 is 1.04 bits per heavy atom. The number of Topliss-reactive ketones (excluding diaryl/α,β-unsaturated/α-hetero) is 1. The molecule has 0 saturated heterocycles. The summed E-state index contributed by atoms with van der Waals surface area (Å²) < 4.78 is 0. The van der Waals surface area contributed by atoms with Crippen molar-refractivity contribution in [3.63, 3.8) is 0 Å². The predicted octanol–water partition coefficient (Wildman–Crippen LogP) is 4.30. The van der Waals surface area contributed by atoms with Crippen molar-refractivity contribution in [2.24, 2.45) is 21.3 Å². The van der Waals surface area contributed by atoms with Crippen LogP contribution in [-0.2, 0) is 9.59 Å². The van der Waals surface area contributed by atoms with Crippen LogP contribution >= 0.6 is 0 Å². The van der Waals surface area contributed by atoms with E-state index in [-0.39, 0.29) is 17.7 Å². The molecule has 2 atom stereocenters. The fraction of sp³-hybridized carbons (Fsp3) is 0.609. The van der Waals surface area contributed by atoms with Crippen LogP contribution in [0.25, 0.3) is 0 Å². The fourth-order valence-corrected chi connectivity index (χ4v) is 5.66. The minimum Gasteiger partial charge on any atom is -0.352 e. The van der Waals surface area contributed by atoms with Gasteiger partial charge in [-0.3, -0.25) is 15.0 Å². The minimum absolute atomic E-state index is 0.0805. The van der Waals surface area contributed by atoms with Crippen LogP contribution in [0.15, 0.2) is 35.4 Å². The Labute approximate surface area is 167 Å². The molecule has 3 aliphatic rings. The van der Waals surface area contributed by atoms with Gasteiger partial charge in [0, 0.05) is 11.5 Å². The molecular weight excluding hydrogens is 350 g/mol. The van der Waals surface area contributed by atoms with Gasteiger partial charge >= 0.3 is 0 Å². The van der Waals surface area contributed by atoms with E-state index in [1.165, 1.54) is 6.42 Å². The molecule has 1 aromatic carbocycles. The summed E-state index contributed by atoms with van der Waals surface area (Å²) in [5, 5.41) is 7.78. The van der Waals surface area contributed by atoms with E-state index in [0.717, 1.165) is 37.8 Å². The van der Waals surface area contributed by atoms with Crippen molar-refractivity contribution in [1.82, 2.24) is 5.32 Å². The number of hydrazone groups is 1. The van der Waals surface area contributed by atoms with Crippen LogP contribution < -0.4 is 10.7 Å². The monoisotopic (exact) mass is 381 g/mol. The predicted molar refractivity (Wildman–Crippen MR) is 111 cm³/mol. The lowest BCUT2D eigenvalue weighted by Crippen LogP contribution is -2.53. The summed E-state index contributed by atoms with van der Waals surface area (Å²) in [7, 11) is 0.